The van der Waals surface area contributed by atoms with Crippen molar-refractivity contribution in [1.29, 1.82) is 0 Å². The summed E-state index contributed by atoms with van der Waals surface area (Å²) in [5, 5.41) is 11.9. The summed E-state index contributed by atoms with van der Waals surface area (Å²) in [6.07, 6.45) is 30.0. The van der Waals surface area contributed by atoms with E-state index in [9.17, 15) is 19.5 Å². The van der Waals surface area contributed by atoms with E-state index in [2.05, 4.69) is 19.2 Å². The van der Waals surface area contributed by atoms with Crippen molar-refractivity contribution in [2.75, 3.05) is 6.54 Å². The molecule has 0 aromatic rings. The largest absolute Gasteiger partial charge is 0.480 e. The summed E-state index contributed by atoms with van der Waals surface area (Å²) in [4.78, 5) is 36.1. The highest BCUT2D eigenvalue weighted by Gasteiger charge is 2.19. The van der Waals surface area contributed by atoms with Crippen molar-refractivity contribution in [1.82, 2.24) is 5.32 Å². The van der Waals surface area contributed by atoms with Crippen molar-refractivity contribution in [2.45, 2.75) is 206 Å². The minimum atomic E-state index is -1.01. The summed E-state index contributed by atoms with van der Waals surface area (Å²) in [5.41, 5.74) is 5.46. The van der Waals surface area contributed by atoms with E-state index in [0.29, 0.717) is 32.2 Å². The minimum absolute atomic E-state index is 0.00169. The van der Waals surface area contributed by atoms with Crippen LogP contribution in [0.4, 0.5) is 0 Å². The summed E-state index contributed by atoms with van der Waals surface area (Å²) in [6, 6.07) is -0.858. The molecule has 43 heavy (non-hydrogen) atoms. The number of ether oxygens (including phenoxy) is 1. The first-order chi connectivity index (χ1) is 20.9. The van der Waals surface area contributed by atoms with Crippen LogP contribution < -0.4 is 11.1 Å². The van der Waals surface area contributed by atoms with Crippen LogP contribution in [0.25, 0.3) is 0 Å². The first kappa shape index (κ1) is 41.4. The van der Waals surface area contributed by atoms with Crippen LogP contribution in [0.3, 0.4) is 0 Å². The zero-order valence-corrected chi connectivity index (χ0v) is 28.3. The van der Waals surface area contributed by atoms with Gasteiger partial charge in [0.2, 0.25) is 5.91 Å². The summed E-state index contributed by atoms with van der Waals surface area (Å²) >= 11 is 0. The predicted molar refractivity (Wildman–Crippen MR) is 179 cm³/mol. The highest BCUT2D eigenvalue weighted by atomic mass is 16.5. The van der Waals surface area contributed by atoms with Gasteiger partial charge in [0.05, 0.1) is 0 Å². The Morgan fingerprint density at radius 1 is 0.581 bits per heavy atom. The molecule has 0 aromatic heterocycles. The zero-order valence-electron chi connectivity index (χ0n) is 28.3. The maximum absolute atomic E-state index is 12.6. The van der Waals surface area contributed by atoms with Crippen LogP contribution in [0, 0.1) is 0 Å². The average molecular weight is 611 g/mol. The second kappa shape index (κ2) is 31.8. The summed E-state index contributed by atoms with van der Waals surface area (Å²) in [7, 11) is 0. The molecule has 0 bridgehead atoms. The summed E-state index contributed by atoms with van der Waals surface area (Å²) in [6.45, 7) is 4.90. The maximum Gasteiger partial charge on any atom is 0.326 e. The van der Waals surface area contributed by atoms with Crippen LogP contribution in [0.5, 0.6) is 0 Å². The second-order valence-corrected chi connectivity index (χ2v) is 12.6. The Hall–Kier alpha value is -1.63. The van der Waals surface area contributed by atoms with Gasteiger partial charge in [-0.25, -0.2) is 4.79 Å². The third kappa shape index (κ3) is 28.9. The van der Waals surface area contributed by atoms with Gasteiger partial charge in [0.15, 0.2) is 0 Å². The Bertz CT molecular complexity index is 658. The smallest absolute Gasteiger partial charge is 0.326 e. The molecule has 0 saturated carbocycles. The van der Waals surface area contributed by atoms with Gasteiger partial charge in [-0.05, 0) is 57.9 Å². The van der Waals surface area contributed by atoms with Gasteiger partial charge in [-0.3, -0.25) is 9.59 Å². The monoisotopic (exact) mass is 611 g/mol. The lowest BCUT2D eigenvalue weighted by atomic mass is 10.0. The maximum atomic E-state index is 12.6. The number of carbonyl (C=O) groups is 3. The van der Waals surface area contributed by atoms with E-state index in [1.54, 1.807) is 0 Å². The third-order valence-corrected chi connectivity index (χ3v) is 8.42. The quantitative estimate of drug-likeness (QED) is 0.0503. The molecule has 7 heteroatoms. The molecule has 1 amide bonds. The highest BCUT2D eigenvalue weighted by Crippen LogP contribution is 2.18. The van der Waals surface area contributed by atoms with E-state index < -0.39 is 12.0 Å². The van der Waals surface area contributed by atoms with Gasteiger partial charge >= 0.3 is 11.9 Å². The van der Waals surface area contributed by atoms with Crippen molar-refractivity contribution in [2.24, 2.45) is 5.73 Å². The van der Waals surface area contributed by atoms with E-state index in [1.807, 2.05) is 0 Å². The SMILES string of the molecule is CCCCCCCCCCCCCCC(=O)OC(CCCCCCCC)CCCCCCC(=O)NC(CCCN)C(=O)O. The number of nitrogens with two attached hydrogens (primary N) is 1. The molecule has 4 N–H and O–H groups in total. The molecule has 0 aliphatic carbocycles. The van der Waals surface area contributed by atoms with Gasteiger partial charge in [0.1, 0.15) is 12.1 Å². The molecule has 0 fully saturated rings. The molecular weight excluding hydrogens is 540 g/mol. The molecule has 7 nitrogen and oxygen atoms in total. The molecule has 2 atom stereocenters. The Balaban J connectivity index is 4.18. The molecule has 0 heterocycles. The van der Waals surface area contributed by atoms with Gasteiger partial charge in [0.25, 0.3) is 0 Å². The number of nitrogens with one attached hydrogen (secondary N) is 1. The van der Waals surface area contributed by atoms with Crippen LogP contribution in [0.15, 0.2) is 0 Å². The molecule has 2 unspecified atom stereocenters. The molecule has 0 spiro atoms. The second-order valence-electron chi connectivity index (χ2n) is 12.6. The number of carboxylic acid groups (broad SMARTS) is 1. The van der Waals surface area contributed by atoms with E-state index in [-0.39, 0.29) is 18.0 Å². The first-order valence-electron chi connectivity index (χ1n) is 18.4. The number of hydrogen-bond acceptors (Lipinski definition) is 5. The van der Waals surface area contributed by atoms with Crippen LogP contribution in [0.1, 0.15) is 194 Å². The van der Waals surface area contributed by atoms with Gasteiger partial charge in [-0.2, -0.15) is 0 Å². The van der Waals surface area contributed by atoms with Crippen LogP contribution in [-0.2, 0) is 19.1 Å². The van der Waals surface area contributed by atoms with Crippen molar-refractivity contribution >= 4 is 17.8 Å². The molecular formula is C36H70N2O5. The standard InChI is InChI=1S/C36H70N2O5/c1-3-5-7-9-11-12-13-14-15-16-18-24-30-35(40)43-32(26-21-17-10-8-6-4-2)27-22-19-20-23-29-34(39)38-33(36(41)42)28-25-31-37/h32-33H,3-31,37H2,1-2H3,(H,38,39)(H,41,42). The number of unbranched alkanes of at least 4 members (excludes halogenated alkanes) is 19. The lowest BCUT2D eigenvalue weighted by Crippen LogP contribution is -2.40. The van der Waals surface area contributed by atoms with Crippen molar-refractivity contribution in [3.63, 3.8) is 0 Å². The van der Waals surface area contributed by atoms with Crippen molar-refractivity contribution in [3.05, 3.63) is 0 Å². The van der Waals surface area contributed by atoms with E-state index in [0.717, 1.165) is 57.8 Å². The third-order valence-electron chi connectivity index (χ3n) is 8.42. The number of aliphatic carboxylic acids is 1. The number of hydrogen-bond donors (Lipinski definition) is 3. The molecule has 0 aromatic carbocycles. The Morgan fingerprint density at radius 2 is 1.00 bits per heavy atom. The number of amides is 1. The van der Waals surface area contributed by atoms with Gasteiger partial charge in [-0.15, -0.1) is 0 Å². The van der Waals surface area contributed by atoms with Crippen LogP contribution >= 0.6 is 0 Å². The Labute approximate surface area is 265 Å². The minimum Gasteiger partial charge on any atom is -0.480 e. The molecule has 254 valence electrons. The van der Waals surface area contributed by atoms with E-state index >= 15 is 0 Å². The lowest BCUT2D eigenvalue weighted by Gasteiger charge is -2.18. The van der Waals surface area contributed by atoms with Crippen LogP contribution in [0.2, 0.25) is 0 Å². The van der Waals surface area contributed by atoms with E-state index in [4.69, 9.17) is 10.5 Å². The van der Waals surface area contributed by atoms with Crippen LogP contribution in [-0.4, -0.2) is 41.6 Å². The fraction of sp³-hybridized carbons (Fsp3) is 0.917. The normalized spacial score (nSPS) is 12.6. The fourth-order valence-corrected chi connectivity index (χ4v) is 5.63. The van der Waals surface area contributed by atoms with Gasteiger partial charge in [-0.1, -0.05) is 129 Å². The number of carbonyl (C=O) groups excluding carboxylic acids is 2. The molecule has 0 radical (unpaired) electrons. The zero-order chi connectivity index (χ0) is 31.8. The van der Waals surface area contributed by atoms with Crippen molar-refractivity contribution in [3.8, 4) is 0 Å². The molecule has 0 saturated heterocycles. The average Bonchev–Trinajstić information content (AvgIpc) is 2.98. The molecule has 0 rings (SSSR count). The number of esters is 1. The van der Waals surface area contributed by atoms with Gasteiger partial charge in [0, 0.05) is 12.8 Å². The molecule has 0 aliphatic rings. The Morgan fingerprint density at radius 3 is 1.44 bits per heavy atom. The first-order valence-corrected chi connectivity index (χ1v) is 18.4. The summed E-state index contributed by atoms with van der Waals surface area (Å²) < 4.78 is 5.95. The lowest BCUT2D eigenvalue weighted by molar-refractivity contribution is -0.150. The highest BCUT2D eigenvalue weighted by molar-refractivity contribution is 5.83. The number of rotatable bonds is 33. The fourth-order valence-electron chi connectivity index (χ4n) is 5.63. The summed E-state index contributed by atoms with van der Waals surface area (Å²) in [5.74, 6) is -1.26. The van der Waals surface area contributed by atoms with Crippen molar-refractivity contribution < 1.29 is 24.2 Å². The topological polar surface area (TPSA) is 119 Å². The molecule has 0 aliphatic heterocycles. The number of carboxylic acids is 1. The van der Waals surface area contributed by atoms with E-state index in [1.165, 1.54) is 96.3 Å². The predicted octanol–water partition coefficient (Wildman–Crippen LogP) is 9.39. The van der Waals surface area contributed by atoms with Gasteiger partial charge < -0.3 is 20.9 Å². The Kier molecular flexibility index (Phi) is 30.6.